The predicted molar refractivity (Wildman–Crippen MR) is 138 cm³/mol. The highest BCUT2D eigenvalue weighted by Crippen LogP contribution is 2.44. The van der Waals surface area contributed by atoms with E-state index in [4.69, 9.17) is 0 Å². The Morgan fingerprint density at radius 3 is 2.64 bits per heavy atom. The molecular formula is C27H31FN4O3S. The van der Waals surface area contributed by atoms with Crippen molar-refractivity contribution in [3.05, 3.63) is 77.9 Å². The molecule has 2 aliphatic heterocycles. The van der Waals surface area contributed by atoms with Crippen LogP contribution in [0.25, 0.3) is 11.1 Å². The number of aryl methyl sites for hydroxylation is 1. The van der Waals surface area contributed by atoms with Gasteiger partial charge in [-0.05, 0) is 62.1 Å². The topological polar surface area (TPSA) is 77.0 Å². The molecule has 1 spiro atoms. The van der Waals surface area contributed by atoms with Gasteiger partial charge in [0, 0.05) is 38.3 Å². The smallest absolute Gasteiger partial charge is 0.304 e. The van der Waals surface area contributed by atoms with Gasteiger partial charge in [0.1, 0.15) is 11.6 Å². The van der Waals surface area contributed by atoms with E-state index in [2.05, 4.69) is 16.8 Å². The summed E-state index contributed by atoms with van der Waals surface area (Å²) in [6.45, 7) is 5.72. The fraction of sp³-hybridized carbons (Fsp3) is 0.370. The van der Waals surface area contributed by atoms with Crippen LogP contribution in [0.4, 0.5) is 10.1 Å². The quantitative estimate of drug-likeness (QED) is 0.566. The highest BCUT2D eigenvalue weighted by Gasteiger charge is 2.55. The fourth-order valence-corrected chi connectivity index (χ4v) is 7.52. The van der Waals surface area contributed by atoms with Crippen LogP contribution in [0.2, 0.25) is 0 Å². The largest absolute Gasteiger partial charge is 0.506 e. The lowest BCUT2D eigenvalue weighted by Gasteiger charge is -2.47. The summed E-state index contributed by atoms with van der Waals surface area (Å²) in [4.78, 5) is 6.76. The molecule has 2 fully saturated rings. The maximum Gasteiger partial charge on any atom is 0.304 e. The van der Waals surface area contributed by atoms with Gasteiger partial charge in [-0.15, -0.1) is 0 Å². The molecule has 5 rings (SSSR count). The third-order valence-corrected chi connectivity index (χ3v) is 9.49. The Kier molecular flexibility index (Phi) is 6.26. The van der Waals surface area contributed by atoms with E-state index in [1.165, 1.54) is 26.9 Å². The zero-order chi connectivity index (χ0) is 25.7. The number of hydrogen-bond acceptors (Lipinski definition) is 5. The van der Waals surface area contributed by atoms with Gasteiger partial charge in [0.15, 0.2) is 0 Å². The lowest BCUT2D eigenvalue weighted by molar-refractivity contribution is 0.0992. The summed E-state index contributed by atoms with van der Waals surface area (Å²) in [6, 6.07) is 15.7. The highest BCUT2D eigenvalue weighted by atomic mass is 32.2. The molecule has 0 radical (unpaired) electrons. The van der Waals surface area contributed by atoms with Crippen LogP contribution in [0.1, 0.15) is 31.0 Å². The number of piperidine rings is 1. The second-order valence-corrected chi connectivity index (χ2v) is 11.9. The van der Waals surface area contributed by atoms with Crippen molar-refractivity contribution in [2.45, 2.75) is 44.8 Å². The van der Waals surface area contributed by atoms with Gasteiger partial charge in [-0.2, -0.15) is 12.7 Å². The lowest BCUT2D eigenvalue weighted by atomic mass is 9.82. The van der Waals surface area contributed by atoms with Gasteiger partial charge in [-0.1, -0.05) is 30.3 Å². The number of benzene rings is 2. The van der Waals surface area contributed by atoms with Crippen LogP contribution in [0.3, 0.4) is 0 Å². The molecule has 0 amide bonds. The summed E-state index contributed by atoms with van der Waals surface area (Å²) in [5.74, 6) is -0.315. The van der Waals surface area contributed by atoms with Crippen LogP contribution >= 0.6 is 0 Å². The third kappa shape index (κ3) is 4.25. The number of anilines is 1. The third-order valence-electron chi connectivity index (χ3n) is 7.52. The second-order valence-electron chi connectivity index (χ2n) is 10.0. The van der Waals surface area contributed by atoms with E-state index < -0.39 is 21.6 Å². The average Bonchev–Trinajstić information content (AvgIpc) is 3.01. The van der Waals surface area contributed by atoms with E-state index in [0.29, 0.717) is 38.2 Å². The summed E-state index contributed by atoms with van der Waals surface area (Å²) in [5.41, 5.74) is 3.35. The Morgan fingerprint density at radius 2 is 1.92 bits per heavy atom. The van der Waals surface area contributed by atoms with E-state index >= 15 is 0 Å². The first-order valence-corrected chi connectivity index (χ1v) is 13.5. The highest BCUT2D eigenvalue weighted by molar-refractivity contribution is 7.90. The molecule has 2 aromatic carbocycles. The minimum atomic E-state index is -3.75. The molecule has 3 aromatic rings. The fourth-order valence-electron chi connectivity index (χ4n) is 5.75. The number of hydrogen-bond donors (Lipinski definition) is 1. The molecule has 1 N–H and O–H groups in total. The monoisotopic (exact) mass is 510 g/mol. The maximum atomic E-state index is 14.0. The number of likely N-dealkylation sites (N-methyl/N-ethyl adjacent to an activating group) is 1. The number of pyridine rings is 1. The van der Waals surface area contributed by atoms with Crippen molar-refractivity contribution in [3.63, 3.8) is 0 Å². The van der Waals surface area contributed by atoms with Gasteiger partial charge in [0.25, 0.3) is 0 Å². The van der Waals surface area contributed by atoms with Crippen LogP contribution < -0.4 is 4.31 Å². The number of halogens is 1. The summed E-state index contributed by atoms with van der Waals surface area (Å²) >= 11 is 0. The molecule has 1 aromatic heterocycles. The zero-order valence-corrected chi connectivity index (χ0v) is 21.5. The Bertz CT molecular complexity index is 1400. The number of aromatic nitrogens is 1. The molecule has 2 saturated heterocycles. The molecule has 0 aliphatic carbocycles. The number of likely N-dealkylation sites (tertiary alicyclic amines) is 1. The SMILES string of the molecule is Cc1ccccc1-c1cc(CN2CC[C@@]3(C[C@@H]2C)CN(C)S(=O)(=O)N3c2cccc(F)c2)ncc1O. The van der Waals surface area contributed by atoms with E-state index in [9.17, 15) is 17.9 Å². The minimum Gasteiger partial charge on any atom is -0.506 e. The Labute approximate surface area is 212 Å². The summed E-state index contributed by atoms with van der Waals surface area (Å²) < 4.78 is 43.4. The molecule has 7 nitrogen and oxygen atoms in total. The van der Waals surface area contributed by atoms with Crippen molar-refractivity contribution in [2.75, 3.05) is 24.4 Å². The van der Waals surface area contributed by atoms with Crippen molar-refractivity contribution in [2.24, 2.45) is 0 Å². The first kappa shape index (κ1) is 24.7. The molecule has 0 unspecified atom stereocenters. The second kappa shape index (κ2) is 9.14. The van der Waals surface area contributed by atoms with Crippen molar-refractivity contribution in [1.29, 1.82) is 0 Å². The molecule has 0 bridgehead atoms. The summed E-state index contributed by atoms with van der Waals surface area (Å²) in [7, 11) is -2.16. The molecule has 3 heterocycles. The van der Waals surface area contributed by atoms with E-state index in [1.54, 1.807) is 19.2 Å². The molecule has 190 valence electrons. The van der Waals surface area contributed by atoms with Gasteiger partial charge in [-0.25, -0.2) is 4.39 Å². The van der Waals surface area contributed by atoms with Gasteiger partial charge in [-0.3, -0.25) is 14.2 Å². The lowest BCUT2D eigenvalue weighted by Crippen LogP contribution is -2.57. The molecule has 36 heavy (non-hydrogen) atoms. The van der Waals surface area contributed by atoms with Crippen LogP contribution in [0, 0.1) is 12.7 Å². The van der Waals surface area contributed by atoms with Crippen molar-refractivity contribution < 1.29 is 17.9 Å². The van der Waals surface area contributed by atoms with E-state index in [-0.39, 0.29) is 11.8 Å². The maximum absolute atomic E-state index is 14.0. The first-order chi connectivity index (χ1) is 17.1. The zero-order valence-electron chi connectivity index (χ0n) is 20.7. The number of rotatable bonds is 4. The van der Waals surface area contributed by atoms with Crippen LogP contribution in [-0.2, 0) is 16.8 Å². The van der Waals surface area contributed by atoms with Crippen LogP contribution in [-0.4, -0.2) is 59.4 Å². The normalized spacial score (nSPS) is 24.4. The van der Waals surface area contributed by atoms with Crippen LogP contribution in [0.5, 0.6) is 5.75 Å². The standard InChI is InChI=1S/C27H31FN4O3S/c1-19-7-4-5-10-24(19)25-14-22(29-16-26(25)33)17-31-12-11-27(15-20(31)2)18-30(3)36(34,35)32(27)23-9-6-8-21(28)13-23/h4-10,13-14,16,20,33H,11-12,15,17-18H2,1-3H3/t20-,27+/m0/s1. The number of aromatic hydroxyl groups is 1. The molecular weight excluding hydrogens is 479 g/mol. The number of nitrogens with zero attached hydrogens (tertiary/aromatic N) is 4. The molecule has 2 aliphatic rings. The van der Waals surface area contributed by atoms with E-state index in [0.717, 1.165) is 22.4 Å². The summed E-state index contributed by atoms with van der Waals surface area (Å²) in [6.07, 6.45) is 2.72. The molecule has 9 heteroatoms. The summed E-state index contributed by atoms with van der Waals surface area (Å²) in [5, 5.41) is 10.5. The Balaban J connectivity index is 1.40. The molecule has 0 saturated carbocycles. The van der Waals surface area contributed by atoms with Crippen molar-refractivity contribution >= 4 is 15.9 Å². The van der Waals surface area contributed by atoms with Gasteiger partial charge in [0.05, 0.1) is 23.1 Å². The minimum absolute atomic E-state index is 0.0639. The molecule has 2 atom stereocenters. The van der Waals surface area contributed by atoms with Gasteiger partial charge >= 0.3 is 10.2 Å². The average molecular weight is 511 g/mol. The van der Waals surface area contributed by atoms with Crippen molar-refractivity contribution in [3.8, 4) is 16.9 Å². The van der Waals surface area contributed by atoms with Gasteiger partial charge < -0.3 is 5.11 Å². The Morgan fingerprint density at radius 1 is 1.14 bits per heavy atom. The Hall–Kier alpha value is -3.01. The van der Waals surface area contributed by atoms with E-state index in [1.807, 2.05) is 37.3 Å². The van der Waals surface area contributed by atoms with Crippen LogP contribution in [0.15, 0.2) is 60.8 Å². The first-order valence-electron chi connectivity index (χ1n) is 12.1. The van der Waals surface area contributed by atoms with Crippen molar-refractivity contribution in [1.82, 2.24) is 14.2 Å². The van der Waals surface area contributed by atoms with Gasteiger partial charge in [0.2, 0.25) is 0 Å². The predicted octanol–water partition coefficient (Wildman–Crippen LogP) is 4.32.